The van der Waals surface area contributed by atoms with Crippen LogP contribution in [0.25, 0.3) is 0 Å². The fourth-order valence-corrected chi connectivity index (χ4v) is 5.09. The van der Waals surface area contributed by atoms with Gasteiger partial charge in [-0.2, -0.15) is 0 Å². The van der Waals surface area contributed by atoms with Crippen LogP contribution in [0.5, 0.6) is 0 Å². The van der Waals surface area contributed by atoms with Gasteiger partial charge < -0.3 is 16.4 Å². The normalized spacial score (nSPS) is 44.2. The predicted octanol–water partition coefficient (Wildman–Crippen LogP) is 2.13. The van der Waals surface area contributed by atoms with Gasteiger partial charge in [-0.3, -0.25) is 0 Å². The summed E-state index contributed by atoms with van der Waals surface area (Å²) in [5.41, 5.74) is 6.30. The van der Waals surface area contributed by atoms with Crippen molar-refractivity contribution in [3.8, 4) is 0 Å². The first-order valence-electron chi connectivity index (χ1n) is 7.56. The first kappa shape index (κ1) is 13.2. The highest BCUT2D eigenvalue weighted by molar-refractivity contribution is 5.75. The topological polar surface area (TPSA) is 67.2 Å². The molecule has 0 aromatic heterocycles. The van der Waals surface area contributed by atoms with Gasteiger partial charge in [0.05, 0.1) is 0 Å². The van der Waals surface area contributed by atoms with Crippen LogP contribution in [0.4, 0.5) is 4.79 Å². The molecule has 4 aliphatic carbocycles. The minimum Gasteiger partial charge on any atom is -0.334 e. The zero-order valence-corrected chi connectivity index (χ0v) is 12.4. The molecule has 4 N–H and O–H groups in total. The van der Waals surface area contributed by atoms with E-state index in [2.05, 4.69) is 10.6 Å². The molecule has 4 aliphatic rings. The molecule has 4 rings (SSSR count). The van der Waals surface area contributed by atoms with E-state index in [4.69, 9.17) is 5.73 Å². The van der Waals surface area contributed by atoms with E-state index in [1.807, 2.05) is 20.8 Å². The van der Waals surface area contributed by atoms with Crippen LogP contribution >= 0.6 is 0 Å². The molecular weight excluding hydrogens is 238 g/mol. The lowest BCUT2D eigenvalue weighted by molar-refractivity contribution is -0.0300. The Morgan fingerprint density at radius 2 is 1.74 bits per heavy atom. The molecule has 4 nitrogen and oxygen atoms in total. The molecule has 4 atom stereocenters. The minimum atomic E-state index is -0.188. The molecule has 0 saturated heterocycles. The van der Waals surface area contributed by atoms with Crippen molar-refractivity contribution in [1.29, 1.82) is 0 Å². The molecular formula is C15H27N3O. The van der Waals surface area contributed by atoms with Crippen molar-refractivity contribution >= 4 is 6.03 Å². The highest BCUT2D eigenvalue weighted by Crippen LogP contribution is 2.56. The lowest BCUT2D eigenvalue weighted by atomic mass is 9.50. The fraction of sp³-hybridized carbons (Fsp3) is 0.933. The number of rotatable bonds is 1. The average Bonchev–Trinajstić information content (AvgIpc) is 2.06. The number of amides is 2. The lowest BCUT2D eigenvalue weighted by Crippen LogP contribution is -2.69. The molecule has 19 heavy (non-hydrogen) atoms. The van der Waals surface area contributed by atoms with Crippen LogP contribution in [-0.4, -0.2) is 22.6 Å². The molecule has 4 saturated carbocycles. The second-order valence-corrected chi connectivity index (χ2v) is 8.43. The summed E-state index contributed by atoms with van der Waals surface area (Å²) < 4.78 is 0. The summed E-state index contributed by atoms with van der Waals surface area (Å²) >= 11 is 0. The molecule has 0 radical (unpaired) electrons. The summed E-state index contributed by atoms with van der Waals surface area (Å²) in [6.07, 6.45) is 6.86. The maximum absolute atomic E-state index is 12.2. The molecule has 2 unspecified atom stereocenters. The van der Waals surface area contributed by atoms with Crippen molar-refractivity contribution in [3.05, 3.63) is 0 Å². The van der Waals surface area contributed by atoms with Gasteiger partial charge in [0, 0.05) is 16.6 Å². The number of carbonyl (C=O) groups excluding carboxylic acids is 1. The first-order chi connectivity index (χ1) is 8.67. The SMILES string of the molecule is CC(C)(C)NC(=O)NC12C[C@@H]3C[C@@H](CC(N)(C3)C1)C2. The van der Waals surface area contributed by atoms with Crippen LogP contribution < -0.4 is 16.4 Å². The van der Waals surface area contributed by atoms with E-state index in [1.54, 1.807) is 0 Å². The van der Waals surface area contributed by atoms with E-state index < -0.39 is 0 Å². The zero-order chi connectivity index (χ0) is 13.9. The Morgan fingerprint density at radius 1 is 1.16 bits per heavy atom. The summed E-state index contributed by atoms with van der Waals surface area (Å²) in [6.45, 7) is 6.03. The van der Waals surface area contributed by atoms with E-state index >= 15 is 0 Å². The average molecular weight is 265 g/mol. The van der Waals surface area contributed by atoms with Gasteiger partial charge in [0.2, 0.25) is 0 Å². The van der Waals surface area contributed by atoms with Crippen LogP contribution in [0, 0.1) is 11.8 Å². The summed E-state index contributed by atoms with van der Waals surface area (Å²) in [5.74, 6) is 1.45. The van der Waals surface area contributed by atoms with Crippen molar-refractivity contribution in [1.82, 2.24) is 10.6 Å². The molecule has 0 aromatic rings. The summed E-state index contributed by atoms with van der Waals surface area (Å²) in [7, 11) is 0. The molecule has 4 bridgehead atoms. The fourth-order valence-electron chi connectivity index (χ4n) is 5.09. The van der Waals surface area contributed by atoms with Crippen molar-refractivity contribution in [3.63, 3.8) is 0 Å². The third kappa shape index (κ3) is 2.60. The van der Waals surface area contributed by atoms with Gasteiger partial charge in [0.25, 0.3) is 0 Å². The van der Waals surface area contributed by atoms with Crippen LogP contribution in [-0.2, 0) is 0 Å². The van der Waals surface area contributed by atoms with E-state index in [0.717, 1.165) is 43.9 Å². The van der Waals surface area contributed by atoms with E-state index in [-0.39, 0.29) is 22.6 Å². The third-order valence-corrected chi connectivity index (χ3v) is 4.97. The van der Waals surface area contributed by atoms with Gasteiger partial charge in [0.15, 0.2) is 0 Å². The molecule has 2 amide bonds. The molecule has 4 fully saturated rings. The van der Waals surface area contributed by atoms with Crippen LogP contribution in [0.15, 0.2) is 0 Å². The van der Waals surface area contributed by atoms with Crippen LogP contribution in [0.2, 0.25) is 0 Å². The summed E-state index contributed by atoms with van der Waals surface area (Å²) in [6, 6.07) is -0.0296. The lowest BCUT2D eigenvalue weighted by Gasteiger charge is -2.61. The number of hydrogen-bond acceptors (Lipinski definition) is 2. The molecule has 0 aliphatic heterocycles. The minimum absolute atomic E-state index is 0.0148. The van der Waals surface area contributed by atoms with E-state index in [1.165, 1.54) is 6.42 Å². The Kier molecular flexibility index (Phi) is 2.70. The molecule has 0 aromatic carbocycles. The number of carbonyl (C=O) groups is 1. The van der Waals surface area contributed by atoms with Crippen LogP contribution in [0.1, 0.15) is 59.3 Å². The van der Waals surface area contributed by atoms with Crippen molar-refractivity contribution in [2.45, 2.75) is 75.9 Å². The largest absolute Gasteiger partial charge is 0.334 e. The Hall–Kier alpha value is -0.770. The second kappa shape index (κ2) is 3.87. The summed E-state index contributed by atoms with van der Waals surface area (Å²) in [5, 5.41) is 6.29. The Bertz CT molecular complexity index is 385. The predicted molar refractivity (Wildman–Crippen MR) is 75.8 cm³/mol. The molecule has 0 spiro atoms. The second-order valence-electron chi connectivity index (χ2n) is 8.43. The van der Waals surface area contributed by atoms with Gasteiger partial charge in [-0.15, -0.1) is 0 Å². The molecule has 108 valence electrons. The number of nitrogens with two attached hydrogens (primary N) is 1. The van der Waals surface area contributed by atoms with Gasteiger partial charge in [-0.05, 0) is 71.1 Å². The standard InChI is InChI=1S/C15H27N3O/c1-13(2,3)17-12(19)18-15-7-10-4-11(8-15)6-14(16,5-10)9-15/h10-11H,4-9,16H2,1-3H3,(H2,17,18,19)/t10-,11+,14?,15?. The van der Waals surface area contributed by atoms with Gasteiger partial charge in [0.1, 0.15) is 0 Å². The highest BCUT2D eigenvalue weighted by atomic mass is 16.2. The maximum Gasteiger partial charge on any atom is 0.315 e. The van der Waals surface area contributed by atoms with Gasteiger partial charge >= 0.3 is 6.03 Å². The number of urea groups is 1. The number of nitrogens with one attached hydrogen (secondary N) is 2. The van der Waals surface area contributed by atoms with Crippen molar-refractivity contribution in [2.75, 3.05) is 0 Å². The smallest absolute Gasteiger partial charge is 0.315 e. The van der Waals surface area contributed by atoms with Gasteiger partial charge in [-0.25, -0.2) is 4.79 Å². The quantitative estimate of drug-likeness (QED) is 0.680. The zero-order valence-electron chi connectivity index (χ0n) is 12.4. The Morgan fingerprint density at radius 3 is 2.21 bits per heavy atom. The van der Waals surface area contributed by atoms with E-state index in [0.29, 0.717) is 0 Å². The van der Waals surface area contributed by atoms with Gasteiger partial charge in [-0.1, -0.05) is 0 Å². The summed E-state index contributed by atoms with van der Waals surface area (Å²) in [4.78, 5) is 12.2. The third-order valence-electron chi connectivity index (χ3n) is 4.97. The van der Waals surface area contributed by atoms with Crippen LogP contribution in [0.3, 0.4) is 0 Å². The van der Waals surface area contributed by atoms with Crippen molar-refractivity contribution < 1.29 is 4.79 Å². The molecule has 0 heterocycles. The highest BCUT2D eigenvalue weighted by Gasteiger charge is 2.56. The Balaban J connectivity index is 1.72. The van der Waals surface area contributed by atoms with E-state index in [9.17, 15) is 4.79 Å². The molecule has 4 heteroatoms. The first-order valence-corrected chi connectivity index (χ1v) is 7.56. The Labute approximate surface area is 115 Å². The maximum atomic E-state index is 12.2. The monoisotopic (exact) mass is 265 g/mol. The number of hydrogen-bond donors (Lipinski definition) is 3. The van der Waals surface area contributed by atoms with Crippen molar-refractivity contribution in [2.24, 2.45) is 17.6 Å².